The summed E-state index contributed by atoms with van der Waals surface area (Å²) < 4.78 is 7.02. The standard InChI is InChI=1S/C41H52Si.2CH3.Hf/c1-12-29-19-33-21-31(25(3)4)23-36(27(7)8)38(33)40(29)42(11,35-17-15-14-16-18-35)41-30(13-2)20-34-22-32(26(5)6)24-37(28(9)10)39(34)41;;;/h14-28H,12-13H2,1-11H3;2*1H3;. The maximum absolute atomic E-state index is 3.24. The van der Waals surface area contributed by atoms with E-state index in [1.54, 1.807) is 49.7 Å². The van der Waals surface area contributed by atoms with Crippen molar-refractivity contribution in [2.24, 2.45) is 0 Å². The van der Waals surface area contributed by atoms with Crippen LogP contribution in [-0.2, 0) is 20.0 Å². The molecule has 3 aromatic carbocycles. The molecule has 0 amide bonds. The fraction of sp³-hybridized carbons (Fsp3) is 0.488. The molecule has 0 saturated carbocycles. The molecule has 238 valence electrons. The molecular formula is C43H58HfSi. The van der Waals surface area contributed by atoms with E-state index in [2.05, 4.69) is 140 Å². The normalized spacial score (nSPS) is 23.4. The molecule has 2 atom stereocenters. The molecular weight excluding hydrogens is 723 g/mol. The van der Waals surface area contributed by atoms with Crippen LogP contribution in [0.4, 0.5) is 0 Å². The molecule has 0 nitrogen and oxygen atoms in total. The summed E-state index contributed by atoms with van der Waals surface area (Å²) in [5, 5.41) is 5.24. The molecule has 2 unspecified atom stereocenters. The van der Waals surface area contributed by atoms with Crippen LogP contribution < -0.4 is 5.19 Å². The van der Waals surface area contributed by atoms with E-state index in [0.717, 1.165) is 0 Å². The van der Waals surface area contributed by atoms with E-state index in [9.17, 15) is 0 Å². The first kappa shape index (κ1) is 33.1. The van der Waals surface area contributed by atoms with Crippen LogP contribution in [0.2, 0.25) is 15.9 Å². The molecule has 0 radical (unpaired) electrons. The Morgan fingerprint density at radius 1 is 0.600 bits per heavy atom. The van der Waals surface area contributed by atoms with Crippen LogP contribution in [0.15, 0.2) is 65.7 Å². The zero-order chi connectivity index (χ0) is 32.7. The quantitative estimate of drug-likeness (QED) is 0.210. The zero-order valence-electron chi connectivity index (χ0n) is 30.6. The summed E-state index contributed by atoms with van der Waals surface area (Å²) in [6, 6.07) is 22.6. The third kappa shape index (κ3) is 4.73. The average Bonchev–Trinajstić information content (AvgIpc) is 3.54. The summed E-state index contributed by atoms with van der Waals surface area (Å²) in [5.74, 6) is 2.08. The predicted molar refractivity (Wildman–Crippen MR) is 199 cm³/mol. The predicted octanol–water partition coefficient (Wildman–Crippen LogP) is 12.6. The first-order valence-corrected chi connectivity index (χ1v) is 31.9. The van der Waals surface area contributed by atoms with E-state index < -0.39 is 28.0 Å². The molecule has 3 aliphatic rings. The van der Waals surface area contributed by atoms with Crippen LogP contribution >= 0.6 is 0 Å². The van der Waals surface area contributed by atoms with Gasteiger partial charge < -0.3 is 0 Å². The topological polar surface area (TPSA) is 0 Å². The number of fused-ring (bicyclic) bond motifs is 8. The van der Waals surface area contributed by atoms with Gasteiger partial charge in [-0.3, -0.25) is 0 Å². The van der Waals surface area contributed by atoms with Crippen molar-refractivity contribution in [3.63, 3.8) is 0 Å². The van der Waals surface area contributed by atoms with Crippen molar-refractivity contribution in [3.05, 3.63) is 110 Å². The van der Waals surface area contributed by atoms with Crippen molar-refractivity contribution in [2.45, 2.75) is 129 Å². The van der Waals surface area contributed by atoms with Crippen LogP contribution in [0.5, 0.6) is 0 Å². The van der Waals surface area contributed by atoms with E-state index in [1.165, 1.54) is 12.8 Å². The molecule has 1 heterocycles. The number of rotatable bonds is 7. The van der Waals surface area contributed by atoms with Gasteiger partial charge in [0.2, 0.25) is 0 Å². The van der Waals surface area contributed by atoms with Crippen molar-refractivity contribution in [1.29, 1.82) is 0 Å². The minimum atomic E-state index is -3.24. The molecule has 45 heavy (non-hydrogen) atoms. The Balaban J connectivity index is 1.87. The Morgan fingerprint density at radius 2 is 1.00 bits per heavy atom. The molecule has 2 aliphatic carbocycles. The van der Waals surface area contributed by atoms with Gasteiger partial charge >= 0.3 is 283 Å². The Bertz CT molecular complexity index is 1610. The van der Waals surface area contributed by atoms with Gasteiger partial charge in [-0.15, -0.1) is 0 Å². The SMILES string of the molecule is CCC1=C2c3c(C(C)C)cc(C(C)C)cc3[CH]1[Hf]([CH3])([CH3])[CH]1C(CC)=C(c3c(C(C)C)cc(C(C)C)cc31)[Si]2(C)c1ccccc1. The third-order valence-electron chi connectivity index (χ3n) is 12.1. The summed E-state index contributed by atoms with van der Waals surface area (Å²) in [5.41, 5.74) is 16.9. The minimum absolute atomic E-state index is 0.503. The molecule has 0 fully saturated rings. The molecule has 1 aliphatic heterocycles. The number of benzene rings is 3. The monoisotopic (exact) mass is 782 g/mol. The van der Waals surface area contributed by atoms with Crippen LogP contribution in [0.1, 0.15) is 158 Å². The van der Waals surface area contributed by atoms with Crippen molar-refractivity contribution < 1.29 is 20.0 Å². The Kier molecular flexibility index (Phi) is 8.64. The molecule has 4 bridgehead atoms. The first-order valence-electron chi connectivity index (χ1n) is 18.1. The second kappa shape index (κ2) is 11.7. The average molecular weight is 782 g/mol. The molecule has 2 heteroatoms. The first-order chi connectivity index (χ1) is 21.2. The van der Waals surface area contributed by atoms with Crippen molar-refractivity contribution in [1.82, 2.24) is 0 Å². The molecule has 3 aromatic rings. The summed E-state index contributed by atoms with van der Waals surface area (Å²) in [4.78, 5) is 0. The van der Waals surface area contributed by atoms with Crippen molar-refractivity contribution >= 4 is 23.7 Å². The third-order valence-corrected chi connectivity index (χ3v) is 32.1. The molecule has 0 aromatic heterocycles. The fourth-order valence-corrected chi connectivity index (χ4v) is 33.8. The second-order valence-corrected chi connectivity index (χ2v) is 37.5. The van der Waals surface area contributed by atoms with Gasteiger partial charge in [0.15, 0.2) is 0 Å². The fourth-order valence-electron chi connectivity index (χ4n) is 9.97. The van der Waals surface area contributed by atoms with Gasteiger partial charge in [0.05, 0.1) is 0 Å². The van der Waals surface area contributed by atoms with Gasteiger partial charge in [-0.1, -0.05) is 0 Å². The van der Waals surface area contributed by atoms with Gasteiger partial charge in [-0.05, 0) is 0 Å². The van der Waals surface area contributed by atoms with E-state index in [0.29, 0.717) is 31.0 Å². The van der Waals surface area contributed by atoms with E-state index >= 15 is 0 Å². The summed E-state index contributed by atoms with van der Waals surface area (Å²) in [6.07, 6.45) is 2.35. The number of allylic oxidation sites excluding steroid dienone is 2. The Labute approximate surface area is 281 Å². The van der Waals surface area contributed by atoms with Crippen LogP contribution in [-0.4, -0.2) is 8.07 Å². The Hall–Kier alpha value is -1.77. The van der Waals surface area contributed by atoms with Crippen molar-refractivity contribution in [3.8, 4) is 0 Å². The van der Waals surface area contributed by atoms with Gasteiger partial charge in [0, 0.05) is 0 Å². The number of hydrogen-bond acceptors (Lipinski definition) is 0. The van der Waals surface area contributed by atoms with Gasteiger partial charge in [-0.2, -0.15) is 0 Å². The molecule has 0 saturated heterocycles. The summed E-state index contributed by atoms with van der Waals surface area (Å²) in [7, 11) is -2.45. The van der Waals surface area contributed by atoms with Crippen LogP contribution in [0.25, 0.3) is 10.4 Å². The van der Waals surface area contributed by atoms with Crippen molar-refractivity contribution in [2.75, 3.05) is 0 Å². The van der Waals surface area contributed by atoms with Crippen LogP contribution in [0, 0.1) is 0 Å². The second-order valence-electron chi connectivity index (χ2n) is 16.5. The molecule has 0 N–H and O–H groups in total. The summed E-state index contributed by atoms with van der Waals surface area (Å²) in [6.45, 7) is 27.2. The van der Waals surface area contributed by atoms with E-state index in [4.69, 9.17) is 0 Å². The van der Waals surface area contributed by atoms with E-state index in [1.807, 2.05) is 21.5 Å². The maximum atomic E-state index is 2.87. The van der Waals surface area contributed by atoms with Gasteiger partial charge in [0.1, 0.15) is 0 Å². The Morgan fingerprint density at radius 3 is 1.33 bits per heavy atom. The molecule has 0 spiro atoms. The van der Waals surface area contributed by atoms with Crippen LogP contribution in [0.3, 0.4) is 0 Å². The molecule has 6 rings (SSSR count). The summed E-state index contributed by atoms with van der Waals surface area (Å²) >= 11 is -3.24. The zero-order valence-corrected chi connectivity index (χ0v) is 35.2. The number of hydrogen-bond donors (Lipinski definition) is 0. The van der Waals surface area contributed by atoms with Gasteiger partial charge in [0.25, 0.3) is 0 Å². The van der Waals surface area contributed by atoms with Gasteiger partial charge in [-0.25, -0.2) is 0 Å². The van der Waals surface area contributed by atoms with E-state index in [-0.39, 0.29) is 0 Å².